The third-order valence-electron chi connectivity index (χ3n) is 4.36. The Morgan fingerprint density at radius 1 is 1.42 bits per heavy atom. The largest absolute Gasteiger partial charge is 0.339 e. The summed E-state index contributed by atoms with van der Waals surface area (Å²) in [5, 5.41) is 10.1. The van der Waals surface area contributed by atoms with Crippen molar-refractivity contribution in [2.45, 2.75) is 22.6 Å². The minimum atomic E-state index is -0.254. The van der Waals surface area contributed by atoms with Gasteiger partial charge in [-0.25, -0.2) is 0 Å². The summed E-state index contributed by atoms with van der Waals surface area (Å²) in [6.07, 6.45) is 0.432. The second-order valence-corrected chi connectivity index (χ2v) is 7.29. The summed E-state index contributed by atoms with van der Waals surface area (Å²) in [4.78, 5) is 20.1. The number of anilines is 1. The molecule has 1 fully saturated rings. The van der Waals surface area contributed by atoms with Crippen molar-refractivity contribution in [2.75, 3.05) is 32.0 Å². The fourth-order valence-electron chi connectivity index (χ4n) is 2.97. The molecule has 3 heterocycles. The van der Waals surface area contributed by atoms with Gasteiger partial charge in [0, 0.05) is 31.0 Å². The van der Waals surface area contributed by atoms with Crippen LogP contribution in [-0.2, 0) is 11.2 Å². The van der Waals surface area contributed by atoms with Gasteiger partial charge in [-0.3, -0.25) is 9.69 Å². The van der Waals surface area contributed by atoms with E-state index in [1.165, 1.54) is 0 Å². The number of rotatable bonds is 3. The van der Waals surface area contributed by atoms with Crippen molar-refractivity contribution in [3.63, 3.8) is 0 Å². The Balaban J connectivity index is 1.47. The van der Waals surface area contributed by atoms with Crippen LogP contribution in [0.4, 0.5) is 5.69 Å². The van der Waals surface area contributed by atoms with Gasteiger partial charge in [-0.2, -0.15) is 4.98 Å². The van der Waals surface area contributed by atoms with Gasteiger partial charge < -0.3 is 15.2 Å². The van der Waals surface area contributed by atoms with E-state index >= 15 is 0 Å². The molecule has 1 aromatic carbocycles. The zero-order valence-corrected chi connectivity index (χ0v) is 14.2. The average molecular weight is 345 g/mol. The van der Waals surface area contributed by atoms with Crippen molar-refractivity contribution in [1.29, 1.82) is 0 Å². The number of carbonyl (C=O) groups excluding carboxylic acids is 1. The number of para-hydroxylation sites is 1. The third kappa shape index (κ3) is 3.04. The fourth-order valence-corrected chi connectivity index (χ4v) is 4.07. The van der Waals surface area contributed by atoms with E-state index in [2.05, 4.69) is 32.7 Å². The minimum absolute atomic E-state index is 0.0186. The monoisotopic (exact) mass is 345 g/mol. The second-order valence-electron chi connectivity index (χ2n) is 6.04. The lowest BCUT2D eigenvalue weighted by atomic mass is 10.2. The number of piperazine rings is 1. The van der Waals surface area contributed by atoms with Gasteiger partial charge in [0.25, 0.3) is 0 Å². The fraction of sp³-hybridized carbons (Fsp3) is 0.438. The van der Waals surface area contributed by atoms with E-state index in [4.69, 9.17) is 4.52 Å². The lowest BCUT2D eigenvalue weighted by Gasteiger charge is -2.30. The van der Waals surface area contributed by atoms with Crippen molar-refractivity contribution < 1.29 is 9.32 Å². The molecule has 0 bridgehead atoms. The maximum atomic E-state index is 12.3. The quantitative estimate of drug-likeness (QED) is 0.867. The normalized spacial score (nSPS) is 24.5. The highest BCUT2D eigenvalue weighted by molar-refractivity contribution is 8.01. The molecular formula is C16H19N5O2S. The summed E-state index contributed by atoms with van der Waals surface area (Å²) in [5.74, 6) is 1.17. The van der Waals surface area contributed by atoms with Crippen LogP contribution in [0.5, 0.6) is 0 Å². The van der Waals surface area contributed by atoms with Crippen molar-refractivity contribution in [2.24, 2.45) is 0 Å². The third-order valence-corrected chi connectivity index (χ3v) is 5.63. The molecule has 2 aromatic rings. The van der Waals surface area contributed by atoms with Gasteiger partial charge in [0.05, 0.1) is 17.0 Å². The van der Waals surface area contributed by atoms with Crippen LogP contribution in [0.3, 0.4) is 0 Å². The molecule has 0 spiro atoms. The number of benzene rings is 1. The number of carbonyl (C=O) groups is 1. The first-order valence-electron chi connectivity index (χ1n) is 8.00. The van der Waals surface area contributed by atoms with Gasteiger partial charge in [-0.1, -0.05) is 17.3 Å². The lowest BCUT2D eigenvalue weighted by molar-refractivity contribution is -0.115. The maximum Gasteiger partial charge on any atom is 0.238 e. The van der Waals surface area contributed by atoms with E-state index < -0.39 is 0 Å². The van der Waals surface area contributed by atoms with Gasteiger partial charge >= 0.3 is 0 Å². The summed E-state index contributed by atoms with van der Waals surface area (Å²) in [7, 11) is 2.06. The highest BCUT2D eigenvalue weighted by Crippen LogP contribution is 2.36. The van der Waals surface area contributed by atoms with Gasteiger partial charge in [-0.15, -0.1) is 11.8 Å². The van der Waals surface area contributed by atoms with Crippen molar-refractivity contribution in [3.8, 4) is 0 Å². The highest BCUT2D eigenvalue weighted by Gasteiger charge is 2.30. The number of nitrogens with zero attached hydrogens (tertiary/aromatic N) is 3. The molecule has 24 heavy (non-hydrogen) atoms. The Morgan fingerprint density at radius 2 is 2.29 bits per heavy atom. The molecular weight excluding hydrogens is 326 g/mol. The Bertz CT molecular complexity index is 750. The average Bonchev–Trinajstić information content (AvgIpc) is 3.04. The molecule has 2 aliphatic rings. The molecule has 1 saturated heterocycles. The van der Waals surface area contributed by atoms with Gasteiger partial charge in [0.2, 0.25) is 11.8 Å². The van der Waals surface area contributed by atoms with Crippen LogP contribution >= 0.6 is 11.8 Å². The lowest BCUT2D eigenvalue weighted by Crippen LogP contribution is -2.44. The van der Waals surface area contributed by atoms with Gasteiger partial charge in [0.15, 0.2) is 5.82 Å². The summed E-state index contributed by atoms with van der Waals surface area (Å²) >= 11 is 1.54. The molecule has 2 atom stereocenters. The predicted molar refractivity (Wildman–Crippen MR) is 91.0 cm³/mol. The number of aromatic nitrogens is 2. The first-order chi connectivity index (χ1) is 11.7. The molecule has 0 saturated carbocycles. The highest BCUT2D eigenvalue weighted by atomic mass is 32.2. The number of hydrogen-bond donors (Lipinski definition) is 2. The summed E-state index contributed by atoms with van der Waals surface area (Å²) in [6, 6.07) is 7.92. The molecule has 2 aliphatic heterocycles. The number of thioether (sulfide) groups is 1. The van der Waals surface area contributed by atoms with E-state index in [1.54, 1.807) is 11.8 Å². The predicted octanol–water partition coefficient (Wildman–Crippen LogP) is 1.30. The molecule has 4 rings (SSSR count). The van der Waals surface area contributed by atoms with Gasteiger partial charge in [-0.05, 0) is 19.2 Å². The van der Waals surface area contributed by atoms with E-state index in [0.717, 1.165) is 30.2 Å². The Morgan fingerprint density at radius 3 is 3.17 bits per heavy atom. The first-order valence-corrected chi connectivity index (χ1v) is 8.88. The molecule has 8 heteroatoms. The molecule has 2 unspecified atom stereocenters. The molecule has 1 amide bonds. The van der Waals surface area contributed by atoms with E-state index in [9.17, 15) is 4.79 Å². The molecule has 1 aromatic heterocycles. The maximum absolute atomic E-state index is 12.3. The Hall–Kier alpha value is -1.90. The SMILES string of the molecule is CN1CCNCC1c1noc(CC2Sc3ccccc3NC2=O)n1. The van der Waals surface area contributed by atoms with E-state index in [-0.39, 0.29) is 17.2 Å². The van der Waals surface area contributed by atoms with Gasteiger partial charge in [0.1, 0.15) is 0 Å². The van der Waals surface area contributed by atoms with Crippen molar-refractivity contribution in [3.05, 3.63) is 36.0 Å². The molecule has 0 radical (unpaired) electrons. The van der Waals surface area contributed by atoms with Crippen LogP contribution in [-0.4, -0.2) is 52.9 Å². The number of amides is 1. The van der Waals surface area contributed by atoms with Crippen LogP contribution in [0.1, 0.15) is 17.8 Å². The molecule has 126 valence electrons. The second kappa shape index (κ2) is 6.54. The zero-order valence-electron chi connectivity index (χ0n) is 13.4. The van der Waals surface area contributed by atoms with E-state index in [1.807, 2.05) is 24.3 Å². The number of likely N-dealkylation sites (N-methyl/N-ethyl adjacent to an activating group) is 1. The Labute approximate surface area is 144 Å². The van der Waals surface area contributed by atoms with Crippen LogP contribution in [0.25, 0.3) is 0 Å². The van der Waals surface area contributed by atoms with Crippen LogP contribution in [0, 0.1) is 0 Å². The summed E-state index contributed by atoms with van der Waals surface area (Å²) < 4.78 is 5.40. The molecule has 7 nitrogen and oxygen atoms in total. The van der Waals surface area contributed by atoms with Crippen LogP contribution in [0.15, 0.2) is 33.7 Å². The van der Waals surface area contributed by atoms with E-state index in [0.29, 0.717) is 18.1 Å². The number of hydrogen-bond acceptors (Lipinski definition) is 7. The van der Waals surface area contributed by atoms with Crippen LogP contribution < -0.4 is 10.6 Å². The molecule has 0 aliphatic carbocycles. The molecule has 2 N–H and O–H groups in total. The smallest absolute Gasteiger partial charge is 0.238 e. The summed E-state index contributed by atoms with van der Waals surface area (Å²) in [5.41, 5.74) is 0.866. The van der Waals surface area contributed by atoms with Crippen molar-refractivity contribution in [1.82, 2.24) is 20.4 Å². The van der Waals surface area contributed by atoms with Crippen LogP contribution in [0.2, 0.25) is 0 Å². The minimum Gasteiger partial charge on any atom is -0.339 e. The zero-order chi connectivity index (χ0) is 16.5. The summed E-state index contributed by atoms with van der Waals surface area (Å²) in [6.45, 7) is 2.73. The van der Waals surface area contributed by atoms with Crippen molar-refractivity contribution >= 4 is 23.4 Å². The topological polar surface area (TPSA) is 83.3 Å². The Kier molecular flexibility index (Phi) is 4.26. The number of nitrogens with one attached hydrogen (secondary N) is 2. The standard InChI is InChI=1S/C16H19N5O2S/c1-21-7-6-17-9-11(21)15-19-14(23-20-15)8-13-16(22)18-10-4-2-3-5-12(10)24-13/h2-5,11,13,17H,6-9H2,1H3,(H,18,22). The first kappa shape index (κ1) is 15.6. The number of fused-ring (bicyclic) bond motifs is 1.